The first-order valence-electron chi connectivity index (χ1n) is 5.22. The second-order valence-electron chi connectivity index (χ2n) is 3.69. The van der Waals surface area contributed by atoms with Crippen LogP contribution in [0.25, 0.3) is 0 Å². The van der Waals surface area contributed by atoms with Gasteiger partial charge in [-0.25, -0.2) is 4.98 Å². The Morgan fingerprint density at radius 1 is 1.44 bits per heavy atom. The maximum Gasteiger partial charge on any atom is 0.258 e. The van der Waals surface area contributed by atoms with Crippen molar-refractivity contribution in [1.82, 2.24) is 9.97 Å². The maximum atomic E-state index is 12.0. The number of aromatic nitrogens is 2. The molecule has 0 bridgehead atoms. The number of hydrogen-bond donors (Lipinski definition) is 2. The summed E-state index contributed by atoms with van der Waals surface area (Å²) in [6.45, 7) is 1.78. The molecule has 0 saturated carbocycles. The Kier molecular flexibility index (Phi) is 3.57. The molecule has 0 atom stereocenters. The standard InChI is InChI=1S/C12H11BrN4O/c1-7-9(3-2-4-15-7)12(18)17-11-10(13)5-8(14)6-16-11/h2-6H,14H2,1H3,(H,16,17,18). The molecule has 2 heterocycles. The van der Waals surface area contributed by atoms with Crippen LogP contribution < -0.4 is 11.1 Å². The number of carbonyl (C=O) groups is 1. The zero-order chi connectivity index (χ0) is 13.1. The molecule has 6 heteroatoms. The van der Waals surface area contributed by atoms with Crippen molar-refractivity contribution in [2.45, 2.75) is 6.92 Å². The van der Waals surface area contributed by atoms with Gasteiger partial charge in [0.05, 0.1) is 21.9 Å². The number of nitrogens with one attached hydrogen (secondary N) is 1. The first kappa shape index (κ1) is 12.5. The lowest BCUT2D eigenvalue weighted by Crippen LogP contribution is -2.15. The first-order valence-corrected chi connectivity index (χ1v) is 6.01. The lowest BCUT2D eigenvalue weighted by Gasteiger charge is -2.08. The molecule has 0 aromatic carbocycles. The van der Waals surface area contributed by atoms with E-state index < -0.39 is 0 Å². The minimum atomic E-state index is -0.251. The van der Waals surface area contributed by atoms with Gasteiger partial charge in [0, 0.05) is 11.9 Å². The van der Waals surface area contributed by atoms with Crippen LogP contribution in [0.15, 0.2) is 35.1 Å². The SMILES string of the molecule is Cc1ncccc1C(=O)Nc1ncc(N)cc1Br. The van der Waals surface area contributed by atoms with E-state index in [-0.39, 0.29) is 5.91 Å². The van der Waals surface area contributed by atoms with Gasteiger partial charge in [0.25, 0.3) is 5.91 Å². The number of rotatable bonds is 2. The molecule has 0 unspecified atom stereocenters. The van der Waals surface area contributed by atoms with Crippen LogP contribution in [-0.2, 0) is 0 Å². The smallest absolute Gasteiger partial charge is 0.258 e. The molecular formula is C12H11BrN4O. The fraction of sp³-hybridized carbons (Fsp3) is 0.0833. The van der Waals surface area contributed by atoms with Crippen LogP contribution in [0.3, 0.4) is 0 Å². The van der Waals surface area contributed by atoms with E-state index in [9.17, 15) is 4.79 Å². The monoisotopic (exact) mass is 306 g/mol. The van der Waals surface area contributed by atoms with E-state index in [0.717, 1.165) is 0 Å². The van der Waals surface area contributed by atoms with Gasteiger partial charge in [0.1, 0.15) is 5.82 Å². The van der Waals surface area contributed by atoms with Crippen LogP contribution in [0.1, 0.15) is 16.1 Å². The Bertz CT molecular complexity index is 600. The number of carbonyl (C=O) groups excluding carboxylic acids is 1. The summed E-state index contributed by atoms with van der Waals surface area (Å²) in [5, 5.41) is 2.70. The number of halogens is 1. The predicted molar refractivity (Wildman–Crippen MR) is 73.3 cm³/mol. The summed E-state index contributed by atoms with van der Waals surface area (Å²) in [6, 6.07) is 5.11. The highest BCUT2D eigenvalue weighted by Crippen LogP contribution is 2.22. The number of hydrogen-bond acceptors (Lipinski definition) is 4. The van der Waals surface area contributed by atoms with Gasteiger partial charge in [-0.1, -0.05) is 0 Å². The van der Waals surface area contributed by atoms with Gasteiger partial charge in [-0.3, -0.25) is 9.78 Å². The van der Waals surface area contributed by atoms with E-state index in [1.54, 1.807) is 31.3 Å². The molecule has 1 amide bonds. The van der Waals surface area contributed by atoms with E-state index in [1.807, 2.05) is 0 Å². The van der Waals surface area contributed by atoms with Crippen molar-refractivity contribution in [3.05, 3.63) is 46.3 Å². The Balaban J connectivity index is 2.24. The lowest BCUT2D eigenvalue weighted by molar-refractivity contribution is 0.102. The molecule has 2 aromatic rings. The second-order valence-corrected chi connectivity index (χ2v) is 4.54. The Labute approximate surface area is 113 Å². The molecule has 2 rings (SSSR count). The van der Waals surface area contributed by atoms with Crippen molar-refractivity contribution >= 4 is 33.3 Å². The van der Waals surface area contributed by atoms with Crippen LogP contribution in [0.5, 0.6) is 0 Å². The third kappa shape index (κ3) is 2.65. The molecule has 3 N–H and O–H groups in total. The highest BCUT2D eigenvalue weighted by molar-refractivity contribution is 9.10. The van der Waals surface area contributed by atoms with Crippen molar-refractivity contribution in [2.24, 2.45) is 0 Å². The molecule has 18 heavy (non-hydrogen) atoms. The summed E-state index contributed by atoms with van der Waals surface area (Å²) in [4.78, 5) is 20.1. The van der Waals surface area contributed by atoms with E-state index in [2.05, 4.69) is 31.2 Å². The fourth-order valence-corrected chi connectivity index (χ4v) is 1.91. The number of nitrogens with zero attached hydrogens (tertiary/aromatic N) is 2. The largest absolute Gasteiger partial charge is 0.397 e. The van der Waals surface area contributed by atoms with Crippen LogP contribution in [0, 0.1) is 6.92 Å². The number of nitrogens with two attached hydrogens (primary N) is 1. The van der Waals surface area contributed by atoms with Gasteiger partial charge in [0.2, 0.25) is 0 Å². The zero-order valence-electron chi connectivity index (χ0n) is 9.64. The fourth-order valence-electron chi connectivity index (χ4n) is 1.44. The Morgan fingerprint density at radius 2 is 2.22 bits per heavy atom. The molecule has 0 radical (unpaired) electrons. The second kappa shape index (κ2) is 5.14. The van der Waals surface area contributed by atoms with E-state index in [1.165, 1.54) is 6.20 Å². The third-order valence-corrected chi connectivity index (χ3v) is 2.95. The molecule has 0 saturated heterocycles. The average molecular weight is 307 g/mol. The normalized spacial score (nSPS) is 10.1. The van der Waals surface area contributed by atoms with Crippen molar-refractivity contribution in [2.75, 3.05) is 11.1 Å². The average Bonchev–Trinajstić information content (AvgIpc) is 2.33. The molecule has 0 fully saturated rings. The van der Waals surface area contributed by atoms with E-state index >= 15 is 0 Å². The molecule has 0 aliphatic rings. The lowest BCUT2D eigenvalue weighted by atomic mass is 10.2. The van der Waals surface area contributed by atoms with Gasteiger partial charge in [-0.05, 0) is 41.1 Å². The predicted octanol–water partition coefficient (Wildman–Crippen LogP) is 2.38. The number of anilines is 2. The van der Waals surface area contributed by atoms with Crippen molar-refractivity contribution in [3.8, 4) is 0 Å². The van der Waals surface area contributed by atoms with Crippen LogP contribution >= 0.6 is 15.9 Å². The molecule has 0 aliphatic carbocycles. The third-order valence-electron chi connectivity index (χ3n) is 2.35. The number of amides is 1. The van der Waals surface area contributed by atoms with Crippen molar-refractivity contribution in [3.63, 3.8) is 0 Å². The molecule has 0 aliphatic heterocycles. The van der Waals surface area contributed by atoms with E-state index in [4.69, 9.17) is 5.73 Å². The highest BCUT2D eigenvalue weighted by atomic mass is 79.9. The topological polar surface area (TPSA) is 80.9 Å². The summed E-state index contributed by atoms with van der Waals surface area (Å²) in [6.07, 6.45) is 3.12. The quantitative estimate of drug-likeness (QED) is 0.892. The first-order chi connectivity index (χ1) is 8.58. The minimum absolute atomic E-state index is 0.251. The van der Waals surface area contributed by atoms with Gasteiger partial charge in [0.15, 0.2) is 0 Å². The summed E-state index contributed by atoms with van der Waals surface area (Å²) < 4.78 is 0.636. The molecular weight excluding hydrogens is 296 g/mol. The van der Waals surface area contributed by atoms with Crippen molar-refractivity contribution in [1.29, 1.82) is 0 Å². The molecule has 2 aromatic heterocycles. The van der Waals surface area contributed by atoms with E-state index in [0.29, 0.717) is 27.2 Å². The number of aryl methyl sites for hydroxylation is 1. The summed E-state index contributed by atoms with van der Waals surface area (Å²) >= 11 is 3.29. The van der Waals surface area contributed by atoms with Gasteiger partial charge < -0.3 is 11.1 Å². The zero-order valence-corrected chi connectivity index (χ0v) is 11.2. The molecule has 92 valence electrons. The van der Waals surface area contributed by atoms with Crippen LogP contribution in [0.4, 0.5) is 11.5 Å². The van der Waals surface area contributed by atoms with Gasteiger partial charge in [-0.2, -0.15) is 0 Å². The summed E-state index contributed by atoms with van der Waals surface area (Å²) in [7, 11) is 0. The minimum Gasteiger partial charge on any atom is -0.397 e. The van der Waals surface area contributed by atoms with Gasteiger partial charge in [-0.15, -0.1) is 0 Å². The number of pyridine rings is 2. The molecule has 5 nitrogen and oxygen atoms in total. The summed E-state index contributed by atoms with van der Waals surface area (Å²) in [5.41, 5.74) is 7.29. The Morgan fingerprint density at radius 3 is 2.89 bits per heavy atom. The van der Waals surface area contributed by atoms with Crippen LogP contribution in [-0.4, -0.2) is 15.9 Å². The highest BCUT2D eigenvalue weighted by Gasteiger charge is 2.11. The Hall–Kier alpha value is -1.95. The number of nitrogen functional groups attached to an aromatic ring is 1. The maximum absolute atomic E-state index is 12.0. The molecule has 0 spiro atoms. The van der Waals surface area contributed by atoms with Gasteiger partial charge >= 0.3 is 0 Å². The van der Waals surface area contributed by atoms with Crippen LogP contribution in [0.2, 0.25) is 0 Å². The van der Waals surface area contributed by atoms with Crippen molar-refractivity contribution < 1.29 is 4.79 Å². The summed E-state index contributed by atoms with van der Waals surface area (Å²) in [5.74, 6) is 0.177.